The van der Waals surface area contributed by atoms with Crippen molar-refractivity contribution in [2.24, 2.45) is 0 Å². The fraction of sp³-hybridized carbons (Fsp3) is 0. The summed E-state index contributed by atoms with van der Waals surface area (Å²) in [6.45, 7) is 0. The van der Waals surface area contributed by atoms with Crippen molar-refractivity contribution in [2.75, 3.05) is 4.90 Å². The van der Waals surface area contributed by atoms with E-state index in [2.05, 4.69) is 217 Å². The highest BCUT2D eigenvalue weighted by molar-refractivity contribution is 6.21. The van der Waals surface area contributed by atoms with E-state index in [0.717, 1.165) is 50.1 Å². The molecule has 0 radical (unpaired) electrons. The van der Waals surface area contributed by atoms with Crippen molar-refractivity contribution >= 4 is 60.5 Å². The van der Waals surface area contributed by atoms with Crippen LogP contribution in [0.3, 0.4) is 0 Å². The molecule has 0 aliphatic rings. The average molecular weight is 740 g/mol. The number of anilines is 3. The van der Waals surface area contributed by atoms with E-state index in [1.165, 1.54) is 54.9 Å². The summed E-state index contributed by atoms with van der Waals surface area (Å²) in [5, 5.41) is 7.23. The van der Waals surface area contributed by atoms with Crippen LogP contribution in [0.25, 0.3) is 88.0 Å². The zero-order valence-electron chi connectivity index (χ0n) is 31.7. The molecule has 0 saturated carbocycles. The summed E-state index contributed by atoms with van der Waals surface area (Å²) >= 11 is 0. The van der Waals surface area contributed by atoms with Crippen LogP contribution in [0.4, 0.5) is 17.1 Å². The predicted octanol–water partition coefficient (Wildman–Crippen LogP) is 16.0. The highest BCUT2D eigenvalue weighted by Gasteiger charge is 2.21. The van der Waals surface area contributed by atoms with Crippen LogP contribution in [-0.4, -0.2) is 0 Å². The van der Waals surface area contributed by atoms with Gasteiger partial charge in [-0.25, -0.2) is 0 Å². The summed E-state index contributed by atoms with van der Waals surface area (Å²) in [4.78, 5) is 2.33. The second-order valence-electron chi connectivity index (χ2n) is 14.8. The molecule has 0 amide bonds. The summed E-state index contributed by atoms with van der Waals surface area (Å²) in [7, 11) is 0. The fourth-order valence-corrected chi connectivity index (χ4v) is 8.79. The van der Waals surface area contributed by atoms with Gasteiger partial charge in [0.25, 0.3) is 0 Å². The molecule has 0 aliphatic heterocycles. The van der Waals surface area contributed by atoms with E-state index in [-0.39, 0.29) is 0 Å². The van der Waals surface area contributed by atoms with Crippen LogP contribution in [0.2, 0.25) is 0 Å². The van der Waals surface area contributed by atoms with Crippen LogP contribution in [0, 0.1) is 0 Å². The van der Waals surface area contributed by atoms with Crippen LogP contribution >= 0.6 is 0 Å². The largest absolute Gasteiger partial charge is 0.454 e. The van der Waals surface area contributed by atoms with Gasteiger partial charge >= 0.3 is 0 Å². The van der Waals surface area contributed by atoms with E-state index in [1.807, 2.05) is 12.1 Å². The first-order valence-electron chi connectivity index (χ1n) is 19.8. The molecular formula is C56H37NO. The van der Waals surface area contributed by atoms with Gasteiger partial charge < -0.3 is 9.32 Å². The number of rotatable bonds is 7. The number of nitrogens with zero attached hydrogens (tertiary/aromatic N) is 1. The van der Waals surface area contributed by atoms with E-state index >= 15 is 0 Å². The van der Waals surface area contributed by atoms with Crippen LogP contribution in [0.1, 0.15) is 0 Å². The monoisotopic (exact) mass is 739 g/mol. The number of benzene rings is 10. The van der Waals surface area contributed by atoms with Gasteiger partial charge in [-0.15, -0.1) is 0 Å². The zero-order valence-corrected chi connectivity index (χ0v) is 31.7. The summed E-state index contributed by atoms with van der Waals surface area (Å²) in [5.41, 5.74) is 14.4. The van der Waals surface area contributed by atoms with Crippen molar-refractivity contribution in [3.8, 4) is 44.5 Å². The molecule has 0 aliphatic carbocycles. The Hall–Kier alpha value is -7.68. The molecule has 0 N–H and O–H groups in total. The van der Waals surface area contributed by atoms with E-state index in [9.17, 15) is 0 Å². The first kappa shape index (κ1) is 33.6. The Balaban J connectivity index is 1.09. The quantitative estimate of drug-likeness (QED) is 0.151. The Morgan fingerprint density at radius 2 is 0.759 bits per heavy atom. The number of fused-ring (bicyclic) bond motifs is 6. The molecule has 1 aromatic heterocycles. The molecule has 2 heteroatoms. The van der Waals surface area contributed by atoms with E-state index in [1.54, 1.807) is 0 Å². The third kappa shape index (κ3) is 5.74. The summed E-state index contributed by atoms with van der Waals surface area (Å²) in [6, 6.07) is 80.6. The summed E-state index contributed by atoms with van der Waals surface area (Å²) in [6.07, 6.45) is 0. The second-order valence-corrected chi connectivity index (χ2v) is 14.8. The molecule has 11 rings (SSSR count). The maximum Gasteiger partial charge on any atom is 0.159 e. The second kappa shape index (κ2) is 14.1. The molecule has 272 valence electrons. The Morgan fingerprint density at radius 3 is 1.47 bits per heavy atom. The summed E-state index contributed by atoms with van der Waals surface area (Å²) in [5.74, 6) is 0. The molecule has 0 bridgehead atoms. The Bertz CT molecular complexity index is 3270. The van der Waals surface area contributed by atoms with Crippen LogP contribution in [0.5, 0.6) is 0 Å². The standard InChI is InChI=1S/C56H37NO/c1-3-16-38(17-4-1)39-32-34-44(35-33-39)57(52-30-15-29-51-48-26-11-12-31-53(48)58-56(51)52)45-23-14-21-42(37-45)41-20-13-22-43(36-41)55-50-28-10-8-25-47(50)46-24-7-9-27-49(46)54(55)40-18-5-2-6-19-40/h1-37H. The van der Waals surface area contributed by atoms with Crippen molar-refractivity contribution < 1.29 is 4.42 Å². The topological polar surface area (TPSA) is 16.4 Å². The van der Waals surface area contributed by atoms with E-state index < -0.39 is 0 Å². The average Bonchev–Trinajstić information content (AvgIpc) is 3.69. The van der Waals surface area contributed by atoms with Gasteiger partial charge in [0.15, 0.2) is 5.58 Å². The van der Waals surface area contributed by atoms with Gasteiger partial charge in [0.05, 0.1) is 5.69 Å². The van der Waals surface area contributed by atoms with Gasteiger partial charge in [-0.05, 0) is 109 Å². The lowest BCUT2D eigenvalue weighted by Gasteiger charge is -2.26. The number of para-hydroxylation sites is 2. The molecule has 11 aromatic rings. The molecule has 0 saturated heterocycles. The fourth-order valence-electron chi connectivity index (χ4n) is 8.79. The molecule has 1 heterocycles. The van der Waals surface area contributed by atoms with Crippen LogP contribution < -0.4 is 4.90 Å². The minimum absolute atomic E-state index is 0.861. The maximum absolute atomic E-state index is 6.65. The number of hydrogen-bond donors (Lipinski definition) is 0. The van der Waals surface area contributed by atoms with Gasteiger partial charge in [0.1, 0.15) is 5.58 Å². The molecule has 0 atom stereocenters. The van der Waals surface area contributed by atoms with E-state index in [4.69, 9.17) is 4.42 Å². The Kier molecular flexibility index (Phi) is 8.19. The van der Waals surface area contributed by atoms with Crippen LogP contribution in [0.15, 0.2) is 229 Å². The molecule has 0 spiro atoms. The van der Waals surface area contributed by atoms with Crippen molar-refractivity contribution in [1.82, 2.24) is 0 Å². The minimum Gasteiger partial charge on any atom is -0.454 e. The Morgan fingerprint density at radius 1 is 0.276 bits per heavy atom. The molecule has 0 unspecified atom stereocenters. The van der Waals surface area contributed by atoms with Crippen molar-refractivity contribution in [1.29, 1.82) is 0 Å². The Labute approximate surface area is 337 Å². The van der Waals surface area contributed by atoms with E-state index in [0.29, 0.717) is 0 Å². The maximum atomic E-state index is 6.65. The third-order valence-electron chi connectivity index (χ3n) is 11.4. The van der Waals surface area contributed by atoms with Crippen molar-refractivity contribution in [2.45, 2.75) is 0 Å². The lowest BCUT2D eigenvalue weighted by Crippen LogP contribution is -2.10. The normalized spacial score (nSPS) is 11.4. The van der Waals surface area contributed by atoms with Crippen molar-refractivity contribution in [3.05, 3.63) is 224 Å². The predicted molar refractivity (Wildman–Crippen MR) is 245 cm³/mol. The van der Waals surface area contributed by atoms with Gasteiger partial charge in [-0.3, -0.25) is 0 Å². The highest BCUT2D eigenvalue weighted by atomic mass is 16.3. The molecular weight excluding hydrogens is 703 g/mol. The molecule has 0 fully saturated rings. The first-order chi connectivity index (χ1) is 28.8. The number of hydrogen-bond acceptors (Lipinski definition) is 2. The van der Waals surface area contributed by atoms with Gasteiger partial charge in [-0.1, -0.05) is 182 Å². The minimum atomic E-state index is 0.861. The SMILES string of the molecule is c1ccc(-c2ccc(N(c3cccc(-c4cccc(-c5c(-c6ccccc6)c6ccccc6c6ccccc56)c4)c3)c3cccc4c3oc3ccccc34)cc2)cc1. The lowest BCUT2D eigenvalue weighted by molar-refractivity contribution is 0.669. The smallest absolute Gasteiger partial charge is 0.159 e. The van der Waals surface area contributed by atoms with Gasteiger partial charge in [-0.2, -0.15) is 0 Å². The number of furan rings is 1. The summed E-state index contributed by atoms with van der Waals surface area (Å²) < 4.78 is 6.65. The van der Waals surface area contributed by atoms with Crippen molar-refractivity contribution in [3.63, 3.8) is 0 Å². The van der Waals surface area contributed by atoms with Gasteiger partial charge in [0, 0.05) is 22.1 Å². The highest BCUT2D eigenvalue weighted by Crippen LogP contribution is 2.46. The molecule has 10 aromatic carbocycles. The van der Waals surface area contributed by atoms with Crippen LogP contribution in [-0.2, 0) is 0 Å². The van der Waals surface area contributed by atoms with Gasteiger partial charge in [0.2, 0.25) is 0 Å². The zero-order chi connectivity index (χ0) is 38.4. The first-order valence-corrected chi connectivity index (χ1v) is 19.8. The lowest BCUT2D eigenvalue weighted by atomic mass is 9.84. The molecule has 58 heavy (non-hydrogen) atoms. The molecule has 2 nitrogen and oxygen atoms in total. The third-order valence-corrected chi connectivity index (χ3v) is 11.4.